The molecule has 1 aromatic rings. The van der Waals surface area contributed by atoms with E-state index in [1.165, 1.54) is 0 Å². The van der Waals surface area contributed by atoms with Crippen molar-refractivity contribution in [3.05, 3.63) is 11.3 Å². The fourth-order valence-corrected chi connectivity index (χ4v) is 2.07. The molecule has 0 radical (unpaired) electrons. The van der Waals surface area contributed by atoms with Crippen molar-refractivity contribution in [1.82, 2.24) is 15.1 Å². The first kappa shape index (κ1) is 15.0. The van der Waals surface area contributed by atoms with Gasteiger partial charge < -0.3 is 15.2 Å². The fourth-order valence-electron chi connectivity index (χ4n) is 2.07. The predicted molar refractivity (Wildman–Crippen MR) is 71.8 cm³/mol. The van der Waals surface area contributed by atoms with E-state index in [0.717, 1.165) is 55.9 Å². The zero-order valence-electron chi connectivity index (χ0n) is 11.7. The molecule has 0 amide bonds. The summed E-state index contributed by atoms with van der Waals surface area (Å²) in [5, 5.41) is 16.4. The normalized spacial score (nSPS) is 10.9. The first-order valence-corrected chi connectivity index (χ1v) is 6.58. The maximum absolute atomic E-state index is 8.67. The molecule has 0 aromatic carbocycles. The van der Waals surface area contributed by atoms with Crippen molar-refractivity contribution in [3.63, 3.8) is 0 Å². The number of methoxy groups -OCH3 is 1. The van der Waals surface area contributed by atoms with Crippen molar-refractivity contribution < 1.29 is 9.84 Å². The lowest BCUT2D eigenvalue weighted by molar-refractivity contribution is 0.282. The lowest BCUT2D eigenvalue weighted by Crippen LogP contribution is -2.15. The van der Waals surface area contributed by atoms with Gasteiger partial charge in [0, 0.05) is 20.2 Å². The molecule has 0 atom stereocenters. The standard InChI is InChI=1S/C13H25N3O2/c1-11-12(13(18-3)16(2)15-11)10-14-8-6-4-5-7-9-17/h14,17H,4-10H2,1-3H3. The summed E-state index contributed by atoms with van der Waals surface area (Å²) < 4.78 is 7.11. The lowest BCUT2D eigenvalue weighted by Gasteiger charge is -2.06. The summed E-state index contributed by atoms with van der Waals surface area (Å²) in [5.74, 6) is 0.834. The molecule has 0 bridgehead atoms. The van der Waals surface area contributed by atoms with Crippen LogP contribution in [0.1, 0.15) is 36.9 Å². The molecule has 1 aromatic heterocycles. The monoisotopic (exact) mass is 255 g/mol. The maximum atomic E-state index is 8.67. The Balaban J connectivity index is 2.27. The summed E-state index contributed by atoms with van der Waals surface area (Å²) in [4.78, 5) is 0. The van der Waals surface area contributed by atoms with Gasteiger partial charge in [-0.3, -0.25) is 0 Å². The number of aryl methyl sites for hydroxylation is 2. The topological polar surface area (TPSA) is 59.3 Å². The van der Waals surface area contributed by atoms with E-state index in [0.29, 0.717) is 6.61 Å². The minimum absolute atomic E-state index is 0.305. The molecule has 18 heavy (non-hydrogen) atoms. The molecule has 0 fully saturated rings. The van der Waals surface area contributed by atoms with Crippen LogP contribution in [0.5, 0.6) is 5.88 Å². The third kappa shape index (κ3) is 4.31. The van der Waals surface area contributed by atoms with Crippen LogP contribution in [0.25, 0.3) is 0 Å². The van der Waals surface area contributed by atoms with Gasteiger partial charge in [0.15, 0.2) is 0 Å². The van der Waals surface area contributed by atoms with Crippen LogP contribution in [0.2, 0.25) is 0 Å². The second kappa shape index (κ2) is 8.11. The zero-order chi connectivity index (χ0) is 13.4. The molecule has 0 saturated carbocycles. The minimum atomic E-state index is 0.305. The number of unbranched alkanes of at least 4 members (excludes halogenated alkanes) is 3. The van der Waals surface area contributed by atoms with Gasteiger partial charge in [0.05, 0.1) is 18.4 Å². The van der Waals surface area contributed by atoms with Crippen LogP contribution in [-0.4, -0.2) is 35.1 Å². The third-order valence-electron chi connectivity index (χ3n) is 3.05. The van der Waals surface area contributed by atoms with E-state index >= 15 is 0 Å². The van der Waals surface area contributed by atoms with Crippen LogP contribution in [0.4, 0.5) is 0 Å². The number of aromatic nitrogens is 2. The van der Waals surface area contributed by atoms with Crippen LogP contribution >= 0.6 is 0 Å². The largest absolute Gasteiger partial charge is 0.481 e. The van der Waals surface area contributed by atoms with Gasteiger partial charge in [0.2, 0.25) is 5.88 Å². The van der Waals surface area contributed by atoms with Gasteiger partial charge in [-0.05, 0) is 26.3 Å². The summed E-state index contributed by atoms with van der Waals surface area (Å²) in [6, 6.07) is 0. The summed E-state index contributed by atoms with van der Waals surface area (Å²) in [6.07, 6.45) is 4.32. The molecule has 5 heteroatoms. The Hall–Kier alpha value is -1.07. The second-order valence-electron chi connectivity index (χ2n) is 4.51. The number of aliphatic hydroxyl groups is 1. The summed E-state index contributed by atoms with van der Waals surface area (Å²) in [5.41, 5.74) is 2.15. The Morgan fingerprint density at radius 1 is 1.28 bits per heavy atom. The molecule has 2 N–H and O–H groups in total. The van der Waals surface area contributed by atoms with E-state index < -0.39 is 0 Å². The van der Waals surface area contributed by atoms with Crippen LogP contribution in [-0.2, 0) is 13.6 Å². The van der Waals surface area contributed by atoms with E-state index in [2.05, 4.69) is 10.4 Å². The van der Waals surface area contributed by atoms with E-state index in [9.17, 15) is 0 Å². The molecule has 0 aliphatic rings. The first-order chi connectivity index (χ1) is 8.70. The van der Waals surface area contributed by atoms with E-state index in [1.807, 2.05) is 14.0 Å². The molecular weight excluding hydrogens is 230 g/mol. The average Bonchev–Trinajstić information content (AvgIpc) is 2.62. The minimum Gasteiger partial charge on any atom is -0.481 e. The van der Waals surface area contributed by atoms with Crippen molar-refractivity contribution >= 4 is 0 Å². The Bertz CT molecular complexity index is 350. The summed E-state index contributed by atoms with van der Waals surface area (Å²) in [7, 11) is 3.57. The quantitative estimate of drug-likeness (QED) is 0.655. The molecule has 0 saturated heterocycles. The Morgan fingerprint density at radius 3 is 2.67 bits per heavy atom. The van der Waals surface area contributed by atoms with E-state index in [4.69, 9.17) is 9.84 Å². The van der Waals surface area contributed by atoms with Gasteiger partial charge in [-0.25, -0.2) is 4.68 Å². The summed E-state index contributed by atoms with van der Waals surface area (Å²) in [6.45, 7) is 4.09. The average molecular weight is 255 g/mol. The van der Waals surface area contributed by atoms with Crippen molar-refractivity contribution in [2.24, 2.45) is 7.05 Å². The smallest absolute Gasteiger partial charge is 0.216 e. The predicted octanol–water partition coefficient (Wildman–Crippen LogP) is 1.38. The number of hydrogen-bond acceptors (Lipinski definition) is 4. The SMILES string of the molecule is COc1c(CNCCCCCCO)c(C)nn1C. The second-order valence-corrected chi connectivity index (χ2v) is 4.51. The zero-order valence-corrected chi connectivity index (χ0v) is 11.7. The molecule has 5 nitrogen and oxygen atoms in total. The van der Waals surface area contributed by atoms with Gasteiger partial charge >= 0.3 is 0 Å². The van der Waals surface area contributed by atoms with Gasteiger partial charge in [-0.2, -0.15) is 5.10 Å². The fraction of sp³-hybridized carbons (Fsp3) is 0.769. The molecule has 1 rings (SSSR count). The number of ether oxygens (including phenoxy) is 1. The van der Waals surface area contributed by atoms with Gasteiger partial charge in [-0.1, -0.05) is 12.8 Å². The summed E-state index contributed by atoms with van der Waals surface area (Å²) >= 11 is 0. The van der Waals surface area contributed by atoms with Crippen molar-refractivity contribution in [1.29, 1.82) is 0 Å². The first-order valence-electron chi connectivity index (χ1n) is 6.58. The van der Waals surface area contributed by atoms with Gasteiger partial charge in [-0.15, -0.1) is 0 Å². The molecular formula is C13H25N3O2. The number of rotatable bonds is 9. The number of nitrogens with one attached hydrogen (secondary N) is 1. The van der Waals surface area contributed by atoms with Crippen LogP contribution in [0, 0.1) is 6.92 Å². The molecule has 0 aliphatic heterocycles. The molecule has 0 aliphatic carbocycles. The Labute approximate surface area is 109 Å². The Morgan fingerprint density at radius 2 is 2.00 bits per heavy atom. The third-order valence-corrected chi connectivity index (χ3v) is 3.05. The lowest BCUT2D eigenvalue weighted by atomic mass is 10.2. The molecule has 104 valence electrons. The number of nitrogens with zero attached hydrogens (tertiary/aromatic N) is 2. The van der Waals surface area contributed by atoms with Crippen molar-refractivity contribution in [3.8, 4) is 5.88 Å². The highest BCUT2D eigenvalue weighted by Crippen LogP contribution is 2.20. The van der Waals surface area contributed by atoms with Gasteiger partial charge in [0.25, 0.3) is 0 Å². The highest BCUT2D eigenvalue weighted by molar-refractivity contribution is 5.30. The van der Waals surface area contributed by atoms with Gasteiger partial charge in [0.1, 0.15) is 0 Å². The van der Waals surface area contributed by atoms with Crippen molar-refractivity contribution in [2.75, 3.05) is 20.3 Å². The van der Waals surface area contributed by atoms with Crippen molar-refractivity contribution in [2.45, 2.75) is 39.2 Å². The highest BCUT2D eigenvalue weighted by Gasteiger charge is 2.12. The van der Waals surface area contributed by atoms with Crippen LogP contribution < -0.4 is 10.1 Å². The Kier molecular flexibility index (Phi) is 6.75. The number of hydrogen-bond donors (Lipinski definition) is 2. The van der Waals surface area contributed by atoms with Crippen LogP contribution in [0.15, 0.2) is 0 Å². The maximum Gasteiger partial charge on any atom is 0.216 e. The molecule has 1 heterocycles. The number of aliphatic hydroxyl groups excluding tert-OH is 1. The molecule has 0 spiro atoms. The van der Waals surface area contributed by atoms with E-state index in [1.54, 1.807) is 11.8 Å². The highest BCUT2D eigenvalue weighted by atomic mass is 16.5. The molecule has 0 unspecified atom stereocenters. The van der Waals surface area contributed by atoms with Crippen LogP contribution in [0.3, 0.4) is 0 Å². The van der Waals surface area contributed by atoms with E-state index in [-0.39, 0.29) is 0 Å².